The molecular weight excluding hydrogens is 500 g/mol. The number of carbonyl (C=O) groups excluding carboxylic acids is 4. The number of nitrogens with one attached hydrogen (secondary N) is 1. The van der Waals surface area contributed by atoms with Gasteiger partial charge in [-0.25, -0.2) is 9.78 Å². The average Bonchev–Trinajstić information content (AvgIpc) is 2.91. The van der Waals surface area contributed by atoms with E-state index in [0.29, 0.717) is 6.42 Å². The van der Waals surface area contributed by atoms with Gasteiger partial charge in [0.2, 0.25) is 6.79 Å². The highest BCUT2D eigenvalue weighted by Gasteiger charge is 2.37. The minimum Gasteiger partial charge on any atom is -0.493 e. The topological polar surface area (TPSA) is 149 Å². The summed E-state index contributed by atoms with van der Waals surface area (Å²) < 4.78 is 32.6. The third-order valence-electron chi connectivity index (χ3n) is 5.94. The van der Waals surface area contributed by atoms with Crippen molar-refractivity contribution in [2.24, 2.45) is 11.8 Å². The van der Waals surface area contributed by atoms with Crippen LogP contribution in [0.2, 0.25) is 0 Å². The first kappa shape index (κ1) is 30.8. The van der Waals surface area contributed by atoms with Crippen LogP contribution in [0.25, 0.3) is 0 Å². The SMILES string of the molecule is CCCC[C@H]1[C@H](C)OC(=O)[C@@H](NC(=O)c2nccc(OC)c2OCOC(C)=O)COC[C@@H]1OC(=O)C(C)C. The van der Waals surface area contributed by atoms with Crippen molar-refractivity contribution in [2.75, 3.05) is 27.1 Å². The van der Waals surface area contributed by atoms with Crippen LogP contribution in [0, 0.1) is 11.8 Å². The van der Waals surface area contributed by atoms with Crippen molar-refractivity contribution in [3.05, 3.63) is 18.0 Å². The molecule has 212 valence electrons. The van der Waals surface area contributed by atoms with Gasteiger partial charge in [0.15, 0.2) is 23.2 Å². The van der Waals surface area contributed by atoms with Crippen molar-refractivity contribution in [1.82, 2.24) is 10.3 Å². The number of rotatable bonds is 11. The van der Waals surface area contributed by atoms with Crippen LogP contribution >= 0.6 is 0 Å². The minimum atomic E-state index is -1.18. The molecule has 0 radical (unpaired) electrons. The first-order valence-corrected chi connectivity index (χ1v) is 12.7. The minimum absolute atomic E-state index is 0.0361. The van der Waals surface area contributed by atoms with Gasteiger partial charge in [-0.05, 0) is 13.3 Å². The first-order valence-electron chi connectivity index (χ1n) is 12.7. The Labute approximate surface area is 222 Å². The Kier molecular flexibility index (Phi) is 12.3. The van der Waals surface area contributed by atoms with Crippen molar-refractivity contribution in [1.29, 1.82) is 0 Å². The molecule has 2 heterocycles. The molecule has 1 aromatic heterocycles. The number of hydrogen-bond donors (Lipinski definition) is 1. The summed E-state index contributed by atoms with van der Waals surface area (Å²) in [5.41, 5.74) is -0.193. The van der Waals surface area contributed by atoms with Crippen molar-refractivity contribution >= 4 is 23.8 Å². The summed E-state index contributed by atoms with van der Waals surface area (Å²) in [6, 6.07) is 0.291. The van der Waals surface area contributed by atoms with E-state index in [1.807, 2.05) is 6.92 Å². The highest BCUT2D eigenvalue weighted by Crippen LogP contribution is 2.30. The van der Waals surface area contributed by atoms with E-state index in [1.165, 1.54) is 26.3 Å². The highest BCUT2D eigenvalue weighted by molar-refractivity contribution is 5.98. The van der Waals surface area contributed by atoms with Gasteiger partial charge >= 0.3 is 17.9 Å². The zero-order valence-corrected chi connectivity index (χ0v) is 22.8. The summed E-state index contributed by atoms with van der Waals surface area (Å²) in [6.07, 6.45) is 2.54. The summed E-state index contributed by atoms with van der Waals surface area (Å²) in [6.45, 7) is 7.82. The molecule has 0 aromatic carbocycles. The molecule has 12 nitrogen and oxygen atoms in total. The molecule has 1 fully saturated rings. The Morgan fingerprint density at radius 2 is 1.97 bits per heavy atom. The summed E-state index contributed by atoms with van der Waals surface area (Å²) in [7, 11) is 1.37. The molecule has 12 heteroatoms. The van der Waals surface area contributed by atoms with Crippen LogP contribution in [0.1, 0.15) is 64.4 Å². The van der Waals surface area contributed by atoms with Crippen LogP contribution in [0.15, 0.2) is 12.3 Å². The fourth-order valence-electron chi connectivity index (χ4n) is 3.81. The molecule has 1 aliphatic heterocycles. The molecule has 2 rings (SSSR count). The predicted molar refractivity (Wildman–Crippen MR) is 133 cm³/mol. The van der Waals surface area contributed by atoms with Crippen LogP contribution in [0.4, 0.5) is 0 Å². The van der Waals surface area contributed by atoms with E-state index in [2.05, 4.69) is 10.3 Å². The molecule has 0 unspecified atom stereocenters. The average molecular weight is 539 g/mol. The molecule has 38 heavy (non-hydrogen) atoms. The van der Waals surface area contributed by atoms with E-state index in [-0.39, 0.29) is 48.2 Å². The van der Waals surface area contributed by atoms with Crippen LogP contribution in [0.5, 0.6) is 11.5 Å². The molecule has 1 aromatic rings. The van der Waals surface area contributed by atoms with Gasteiger partial charge in [-0.3, -0.25) is 14.4 Å². The maximum absolute atomic E-state index is 13.2. The fourth-order valence-corrected chi connectivity index (χ4v) is 3.81. The standard InChI is InChI=1S/C26H38N2O10/c1-7-8-9-18-16(4)37-26(32)19(12-34-13-21(18)38-25(31)15(2)3)28-24(30)22-23(36-14-35-17(5)29)20(33-6)10-11-27-22/h10-11,15-16,18-19,21H,7-9,12-14H2,1-6H3,(H,28,30)/t16-,18-,19-,21-/m0/s1. The maximum atomic E-state index is 13.2. The maximum Gasteiger partial charge on any atom is 0.331 e. The summed E-state index contributed by atoms with van der Waals surface area (Å²) in [5, 5.41) is 2.57. The lowest BCUT2D eigenvalue weighted by Gasteiger charge is -2.30. The Morgan fingerprint density at radius 1 is 1.24 bits per heavy atom. The van der Waals surface area contributed by atoms with Gasteiger partial charge in [-0.2, -0.15) is 0 Å². The lowest BCUT2D eigenvalue weighted by atomic mass is 9.91. The molecule has 0 saturated carbocycles. The van der Waals surface area contributed by atoms with Crippen molar-refractivity contribution in [3.8, 4) is 11.5 Å². The number of hydrogen-bond acceptors (Lipinski definition) is 11. The Balaban J connectivity index is 2.23. The molecule has 0 aliphatic carbocycles. The number of aromatic nitrogens is 1. The van der Waals surface area contributed by atoms with Crippen LogP contribution in [-0.4, -0.2) is 74.2 Å². The fraction of sp³-hybridized carbons (Fsp3) is 0.654. The number of pyridine rings is 1. The predicted octanol–water partition coefficient (Wildman–Crippen LogP) is 2.42. The van der Waals surface area contributed by atoms with Gasteiger partial charge in [0, 0.05) is 25.1 Å². The number of cyclic esters (lactones) is 1. The zero-order valence-electron chi connectivity index (χ0n) is 22.8. The Bertz CT molecular complexity index is 967. The number of esters is 3. The van der Waals surface area contributed by atoms with Gasteiger partial charge in [0.25, 0.3) is 5.91 Å². The van der Waals surface area contributed by atoms with Gasteiger partial charge < -0.3 is 33.7 Å². The molecule has 1 amide bonds. The number of amides is 1. The largest absolute Gasteiger partial charge is 0.493 e. The van der Waals surface area contributed by atoms with Crippen molar-refractivity contribution in [3.63, 3.8) is 0 Å². The van der Waals surface area contributed by atoms with E-state index < -0.39 is 42.9 Å². The second-order valence-electron chi connectivity index (χ2n) is 9.23. The van der Waals surface area contributed by atoms with Gasteiger partial charge in [0.05, 0.1) is 26.2 Å². The van der Waals surface area contributed by atoms with Crippen molar-refractivity contribution in [2.45, 2.75) is 72.1 Å². The smallest absolute Gasteiger partial charge is 0.331 e. The van der Waals surface area contributed by atoms with E-state index in [4.69, 9.17) is 28.4 Å². The quantitative estimate of drug-likeness (QED) is 0.251. The van der Waals surface area contributed by atoms with Gasteiger partial charge in [-0.15, -0.1) is 0 Å². The zero-order chi connectivity index (χ0) is 28.2. The van der Waals surface area contributed by atoms with E-state index >= 15 is 0 Å². The number of methoxy groups -OCH3 is 1. The van der Waals surface area contributed by atoms with Crippen molar-refractivity contribution < 1.29 is 47.6 Å². The first-order chi connectivity index (χ1) is 18.1. The summed E-state index contributed by atoms with van der Waals surface area (Å²) >= 11 is 0. The van der Waals surface area contributed by atoms with Crippen LogP contribution in [-0.2, 0) is 33.3 Å². The molecule has 1 aliphatic rings. The van der Waals surface area contributed by atoms with E-state index in [1.54, 1.807) is 20.8 Å². The van der Waals surface area contributed by atoms with Crippen LogP contribution < -0.4 is 14.8 Å². The summed E-state index contributed by atoms with van der Waals surface area (Å²) in [4.78, 5) is 53.7. The highest BCUT2D eigenvalue weighted by atomic mass is 16.7. The molecule has 1 N–H and O–H groups in total. The molecule has 0 bridgehead atoms. The normalized spacial score (nSPS) is 21.8. The number of ether oxygens (including phenoxy) is 6. The second-order valence-corrected chi connectivity index (χ2v) is 9.23. The van der Waals surface area contributed by atoms with Crippen LogP contribution in [0.3, 0.4) is 0 Å². The van der Waals surface area contributed by atoms with E-state index in [0.717, 1.165) is 12.8 Å². The number of carbonyl (C=O) groups is 4. The summed E-state index contributed by atoms with van der Waals surface area (Å²) in [5.74, 6) is -2.91. The number of nitrogens with zero attached hydrogens (tertiary/aromatic N) is 1. The second kappa shape index (κ2) is 15.1. The monoisotopic (exact) mass is 538 g/mol. The molecule has 4 atom stereocenters. The molecular formula is C26H38N2O10. The Morgan fingerprint density at radius 3 is 2.61 bits per heavy atom. The third kappa shape index (κ3) is 8.86. The van der Waals surface area contributed by atoms with Gasteiger partial charge in [0.1, 0.15) is 12.2 Å². The third-order valence-corrected chi connectivity index (χ3v) is 5.94. The lowest BCUT2D eigenvalue weighted by Crippen LogP contribution is -2.46. The number of unbranched alkanes of at least 4 members (excludes halogenated alkanes) is 1. The lowest BCUT2D eigenvalue weighted by molar-refractivity contribution is -0.165. The molecule has 1 saturated heterocycles. The van der Waals surface area contributed by atoms with Gasteiger partial charge in [-0.1, -0.05) is 33.6 Å². The Hall–Kier alpha value is -3.41. The molecule has 0 spiro atoms. The van der Waals surface area contributed by atoms with E-state index in [9.17, 15) is 19.2 Å².